The van der Waals surface area contributed by atoms with E-state index >= 15 is 0 Å². The van der Waals surface area contributed by atoms with E-state index in [1.54, 1.807) is 0 Å². The average molecular weight is 654 g/mol. The maximum atomic E-state index is 2.38. The second-order valence-electron chi connectivity index (χ2n) is 12.9. The topological polar surface area (TPSA) is 3.24 Å². The number of anilines is 3. The standard InChI is InChI=1S/C48H31NS/c1-2-9-32(10-3-1)33-19-24-37(25-20-33)49(39-28-30-47-45(31-39)43-13-6-7-16-46(43)50-47)38-26-21-35(22-27-38)40-14-8-15-44-42(40)29-23-36-18-17-34-11-4-5-12-41(34)48(36)44/h1-31H. The number of rotatable bonds is 5. The first-order valence-electron chi connectivity index (χ1n) is 17.1. The number of nitrogens with zero attached hydrogens (tertiary/aromatic N) is 1. The summed E-state index contributed by atoms with van der Waals surface area (Å²) in [4.78, 5) is 2.38. The van der Waals surface area contributed by atoms with Gasteiger partial charge in [-0.05, 0) is 103 Å². The molecule has 234 valence electrons. The van der Waals surface area contributed by atoms with E-state index in [9.17, 15) is 0 Å². The van der Waals surface area contributed by atoms with Crippen molar-refractivity contribution in [3.63, 3.8) is 0 Å². The van der Waals surface area contributed by atoms with Crippen molar-refractivity contribution in [2.45, 2.75) is 0 Å². The first kappa shape index (κ1) is 28.8. The molecule has 0 aliphatic heterocycles. The zero-order valence-electron chi connectivity index (χ0n) is 27.3. The lowest BCUT2D eigenvalue weighted by atomic mass is 9.92. The summed E-state index contributed by atoms with van der Waals surface area (Å²) in [5.41, 5.74) is 8.27. The van der Waals surface area contributed by atoms with Gasteiger partial charge in [0.15, 0.2) is 0 Å². The smallest absolute Gasteiger partial charge is 0.0468 e. The Balaban J connectivity index is 1.10. The minimum absolute atomic E-state index is 1.12. The molecule has 0 atom stereocenters. The Bertz CT molecular complexity index is 2850. The lowest BCUT2D eigenvalue weighted by molar-refractivity contribution is 1.29. The molecule has 0 aliphatic rings. The van der Waals surface area contributed by atoms with Gasteiger partial charge in [-0.15, -0.1) is 11.3 Å². The van der Waals surface area contributed by atoms with Gasteiger partial charge in [-0.1, -0.05) is 140 Å². The summed E-state index contributed by atoms with van der Waals surface area (Å²) in [7, 11) is 0. The van der Waals surface area contributed by atoms with Crippen LogP contribution in [0.15, 0.2) is 188 Å². The normalized spacial score (nSPS) is 11.6. The van der Waals surface area contributed by atoms with Crippen LogP contribution in [-0.2, 0) is 0 Å². The molecule has 1 heterocycles. The van der Waals surface area contributed by atoms with Crippen LogP contribution in [0.5, 0.6) is 0 Å². The van der Waals surface area contributed by atoms with Crippen LogP contribution in [-0.4, -0.2) is 0 Å². The third-order valence-corrected chi connectivity index (χ3v) is 11.2. The summed E-state index contributed by atoms with van der Waals surface area (Å²) in [6.45, 7) is 0. The number of hydrogen-bond acceptors (Lipinski definition) is 2. The van der Waals surface area contributed by atoms with Gasteiger partial charge in [-0.3, -0.25) is 0 Å². The molecule has 10 rings (SSSR count). The molecule has 0 radical (unpaired) electrons. The van der Waals surface area contributed by atoms with E-state index in [4.69, 9.17) is 0 Å². The number of benzene rings is 9. The van der Waals surface area contributed by atoms with Gasteiger partial charge in [0.05, 0.1) is 0 Å². The molecule has 0 bridgehead atoms. The highest BCUT2D eigenvalue weighted by Crippen LogP contribution is 2.42. The Morgan fingerprint density at radius 1 is 0.320 bits per heavy atom. The van der Waals surface area contributed by atoms with Crippen molar-refractivity contribution in [2.24, 2.45) is 0 Å². The molecule has 10 aromatic rings. The van der Waals surface area contributed by atoms with Crippen LogP contribution in [0, 0.1) is 0 Å². The zero-order valence-corrected chi connectivity index (χ0v) is 28.1. The van der Waals surface area contributed by atoms with Gasteiger partial charge in [0.1, 0.15) is 0 Å². The van der Waals surface area contributed by atoms with Crippen LogP contribution in [0.3, 0.4) is 0 Å². The van der Waals surface area contributed by atoms with Crippen LogP contribution in [0.2, 0.25) is 0 Å². The monoisotopic (exact) mass is 653 g/mol. The highest BCUT2D eigenvalue weighted by atomic mass is 32.1. The second kappa shape index (κ2) is 11.7. The van der Waals surface area contributed by atoms with Gasteiger partial charge >= 0.3 is 0 Å². The fourth-order valence-electron chi connectivity index (χ4n) is 7.64. The second-order valence-corrected chi connectivity index (χ2v) is 14.0. The molecule has 1 aromatic heterocycles. The van der Waals surface area contributed by atoms with Gasteiger partial charge in [0.25, 0.3) is 0 Å². The summed E-state index contributed by atoms with van der Waals surface area (Å²) < 4.78 is 2.62. The maximum absolute atomic E-state index is 2.38. The van der Waals surface area contributed by atoms with Crippen molar-refractivity contribution in [1.29, 1.82) is 0 Å². The lowest BCUT2D eigenvalue weighted by Crippen LogP contribution is -2.09. The van der Waals surface area contributed by atoms with Crippen molar-refractivity contribution >= 4 is 80.9 Å². The van der Waals surface area contributed by atoms with Crippen molar-refractivity contribution in [1.82, 2.24) is 0 Å². The third-order valence-electron chi connectivity index (χ3n) is 10.1. The van der Waals surface area contributed by atoms with Crippen molar-refractivity contribution in [3.8, 4) is 22.3 Å². The van der Waals surface area contributed by atoms with Gasteiger partial charge in [0.2, 0.25) is 0 Å². The van der Waals surface area contributed by atoms with E-state index in [2.05, 4.69) is 193 Å². The van der Waals surface area contributed by atoms with Gasteiger partial charge in [-0.25, -0.2) is 0 Å². The summed E-state index contributed by atoms with van der Waals surface area (Å²) in [6, 6.07) is 68.7. The predicted octanol–water partition coefficient (Wildman–Crippen LogP) is 14.3. The first-order valence-corrected chi connectivity index (χ1v) is 17.9. The third kappa shape index (κ3) is 4.76. The van der Waals surface area contributed by atoms with Gasteiger partial charge < -0.3 is 4.90 Å². The van der Waals surface area contributed by atoms with E-state index < -0.39 is 0 Å². The Morgan fingerprint density at radius 2 is 0.920 bits per heavy atom. The maximum Gasteiger partial charge on any atom is 0.0468 e. The predicted molar refractivity (Wildman–Crippen MR) is 217 cm³/mol. The van der Waals surface area contributed by atoms with E-state index in [0.29, 0.717) is 0 Å². The molecule has 2 heteroatoms. The van der Waals surface area contributed by atoms with Crippen LogP contribution >= 0.6 is 11.3 Å². The Labute approximate surface area is 294 Å². The first-order chi connectivity index (χ1) is 24.8. The van der Waals surface area contributed by atoms with E-state index in [-0.39, 0.29) is 0 Å². The molecule has 1 nitrogen and oxygen atoms in total. The molecule has 0 spiro atoms. The lowest BCUT2D eigenvalue weighted by Gasteiger charge is -2.26. The Morgan fingerprint density at radius 3 is 1.74 bits per heavy atom. The summed E-state index contributed by atoms with van der Waals surface area (Å²) in [5, 5.41) is 10.3. The molecule has 50 heavy (non-hydrogen) atoms. The molecule has 0 saturated heterocycles. The van der Waals surface area contributed by atoms with E-state index in [1.165, 1.54) is 74.7 Å². The molecule has 9 aromatic carbocycles. The minimum atomic E-state index is 1.12. The van der Waals surface area contributed by atoms with Gasteiger partial charge in [0, 0.05) is 37.2 Å². The zero-order chi connectivity index (χ0) is 33.0. The fraction of sp³-hybridized carbons (Fsp3) is 0. The van der Waals surface area contributed by atoms with Crippen LogP contribution in [0.1, 0.15) is 0 Å². The Kier molecular flexibility index (Phi) is 6.75. The van der Waals surface area contributed by atoms with Crippen LogP contribution in [0.4, 0.5) is 17.1 Å². The highest BCUT2D eigenvalue weighted by Gasteiger charge is 2.16. The van der Waals surface area contributed by atoms with Gasteiger partial charge in [-0.2, -0.15) is 0 Å². The molecule has 0 aliphatic carbocycles. The van der Waals surface area contributed by atoms with E-state index in [0.717, 1.165) is 17.1 Å². The van der Waals surface area contributed by atoms with Crippen molar-refractivity contribution < 1.29 is 0 Å². The van der Waals surface area contributed by atoms with E-state index in [1.807, 2.05) is 11.3 Å². The summed E-state index contributed by atoms with van der Waals surface area (Å²) in [5.74, 6) is 0. The minimum Gasteiger partial charge on any atom is -0.310 e. The molecular formula is C48H31NS. The molecule has 0 amide bonds. The quantitative estimate of drug-likeness (QED) is 0.167. The van der Waals surface area contributed by atoms with Crippen LogP contribution in [0.25, 0.3) is 74.7 Å². The fourth-order valence-corrected chi connectivity index (χ4v) is 8.73. The summed E-state index contributed by atoms with van der Waals surface area (Å²) >= 11 is 1.86. The molecule has 0 unspecified atom stereocenters. The number of thiophene rings is 1. The highest BCUT2D eigenvalue weighted by molar-refractivity contribution is 7.25. The molecular weight excluding hydrogens is 623 g/mol. The summed E-state index contributed by atoms with van der Waals surface area (Å²) in [6.07, 6.45) is 0. The Hall–Kier alpha value is -6.22. The SMILES string of the molecule is c1ccc(-c2ccc(N(c3ccc(-c4cccc5c4ccc4ccc6ccccc6c45)cc3)c3ccc4sc5ccccc5c4c3)cc2)cc1. The average Bonchev–Trinajstić information content (AvgIpc) is 3.56. The number of fused-ring (bicyclic) bond motifs is 8. The van der Waals surface area contributed by atoms with Crippen LogP contribution < -0.4 is 4.90 Å². The molecule has 0 saturated carbocycles. The number of hydrogen-bond donors (Lipinski definition) is 0. The van der Waals surface area contributed by atoms with Crippen molar-refractivity contribution in [2.75, 3.05) is 4.90 Å². The molecule has 0 N–H and O–H groups in total. The van der Waals surface area contributed by atoms with Crippen molar-refractivity contribution in [3.05, 3.63) is 188 Å². The largest absolute Gasteiger partial charge is 0.310 e. The molecule has 0 fully saturated rings.